The van der Waals surface area contributed by atoms with Gasteiger partial charge in [-0.25, -0.2) is 14.4 Å². The Kier molecular flexibility index (Phi) is 4.08. The Balaban J connectivity index is 1.26. The van der Waals surface area contributed by atoms with E-state index in [9.17, 15) is 9.18 Å². The summed E-state index contributed by atoms with van der Waals surface area (Å²) in [5.41, 5.74) is 3.64. The minimum Gasteiger partial charge on any atom is -0.494 e. The lowest BCUT2D eigenvalue weighted by molar-refractivity contribution is -0.0204. The van der Waals surface area contributed by atoms with E-state index >= 15 is 0 Å². The number of rotatable bonds is 5. The highest BCUT2D eigenvalue weighted by Crippen LogP contribution is 2.60. The molecule has 4 atom stereocenters. The third-order valence-corrected chi connectivity index (χ3v) is 9.29. The molecule has 3 aromatic heterocycles. The number of halogens is 1. The van der Waals surface area contributed by atoms with E-state index in [1.54, 1.807) is 7.11 Å². The van der Waals surface area contributed by atoms with Crippen molar-refractivity contribution in [1.29, 1.82) is 0 Å². The quantitative estimate of drug-likeness (QED) is 0.414. The molecule has 1 aliphatic heterocycles. The lowest BCUT2D eigenvalue weighted by atomic mass is 9.53. The highest BCUT2D eigenvalue weighted by Gasteiger charge is 2.61. The molecule has 0 radical (unpaired) electrons. The van der Waals surface area contributed by atoms with Gasteiger partial charge in [-0.2, -0.15) is 0 Å². The van der Waals surface area contributed by atoms with Crippen LogP contribution in [0, 0.1) is 29.5 Å². The van der Waals surface area contributed by atoms with Crippen molar-refractivity contribution in [3.63, 3.8) is 0 Å². The number of amides is 1. The minimum absolute atomic E-state index is 0.0781. The van der Waals surface area contributed by atoms with Crippen molar-refractivity contribution in [1.82, 2.24) is 24.0 Å². The van der Waals surface area contributed by atoms with Crippen LogP contribution in [0.15, 0.2) is 30.5 Å². The predicted octanol–water partition coefficient (Wildman–Crippen LogP) is 4.63. The van der Waals surface area contributed by atoms with E-state index in [-0.39, 0.29) is 11.7 Å². The molecule has 3 saturated carbocycles. The number of ether oxygens (including phenoxy) is 1. The summed E-state index contributed by atoms with van der Waals surface area (Å²) in [6, 6.07) is 7.41. The van der Waals surface area contributed by atoms with Crippen LogP contribution in [-0.4, -0.2) is 49.6 Å². The minimum atomic E-state index is -0.280. The van der Waals surface area contributed by atoms with Crippen LogP contribution in [0.1, 0.15) is 36.0 Å². The van der Waals surface area contributed by atoms with Gasteiger partial charge in [0.15, 0.2) is 5.82 Å². The van der Waals surface area contributed by atoms with Gasteiger partial charge >= 0.3 is 0 Å². The zero-order valence-electron chi connectivity index (χ0n) is 20.4. The molecule has 4 aliphatic rings. The molecule has 184 valence electrons. The average Bonchev–Trinajstić information content (AvgIpc) is 3.52. The molecule has 4 aromatic rings. The molecule has 1 saturated heterocycles. The van der Waals surface area contributed by atoms with E-state index in [0.717, 1.165) is 42.6 Å². The first-order valence-electron chi connectivity index (χ1n) is 13.0. The van der Waals surface area contributed by atoms with E-state index in [4.69, 9.17) is 9.72 Å². The second-order valence-electron chi connectivity index (χ2n) is 11.2. The van der Waals surface area contributed by atoms with E-state index < -0.39 is 0 Å². The molecule has 8 rings (SSSR count). The lowest BCUT2D eigenvalue weighted by Gasteiger charge is -2.52. The largest absolute Gasteiger partial charge is 0.494 e. The summed E-state index contributed by atoms with van der Waals surface area (Å²) in [6.45, 7) is 1.66. The van der Waals surface area contributed by atoms with Crippen LogP contribution in [0.5, 0.6) is 5.75 Å². The summed E-state index contributed by atoms with van der Waals surface area (Å²) in [5, 5.41) is 0.505. The number of pyridine rings is 1. The Morgan fingerprint density at radius 3 is 2.81 bits per heavy atom. The molecule has 1 amide bonds. The standard InChI is InChI=1S/C28H28FN5O2/c1-32-25-20(8-16(10-23(25)36-2)28(35)34-13-17-7-15-9-21(34)24(15)17)31-27(32)22-11-18-19(29)5-6-30-26(18)33(22)12-14-3-4-14/h5-6,8,10-11,14-15,17,21,24H,3-4,7,9,12-13H2,1-2H3/t15?,17-,21-,24-/m1/s1. The van der Waals surface area contributed by atoms with Gasteiger partial charge in [0.1, 0.15) is 22.7 Å². The molecular weight excluding hydrogens is 457 g/mol. The molecule has 4 heterocycles. The van der Waals surface area contributed by atoms with Gasteiger partial charge in [0.2, 0.25) is 0 Å². The third-order valence-electron chi connectivity index (χ3n) is 9.29. The van der Waals surface area contributed by atoms with Crippen molar-refractivity contribution >= 4 is 28.0 Å². The summed E-state index contributed by atoms with van der Waals surface area (Å²) in [7, 11) is 3.58. The van der Waals surface area contributed by atoms with Gasteiger partial charge in [-0.15, -0.1) is 0 Å². The van der Waals surface area contributed by atoms with Crippen LogP contribution >= 0.6 is 0 Å². The smallest absolute Gasteiger partial charge is 0.254 e. The van der Waals surface area contributed by atoms with Gasteiger partial charge in [0, 0.05) is 37.9 Å². The predicted molar refractivity (Wildman–Crippen MR) is 133 cm³/mol. The number of carbonyl (C=O) groups excluding carboxylic acids is 1. The zero-order chi connectivity index (χ0) is 24.3. The topological polar surface area (TPSA) is 65.2 Å². The van der Waals surface area contributed by atoms with Crippen LogP contribution in [0.4, 0.5) is 4.39 Å². The van der Waals surface area contributed by atoms with Crippen molar-refractivity contribution in [2.24, 2.45) is 30.7 Å². The maximum atomic E-state index is 14.7. The van der Waals surface area contributed by atoms with Crippen LogP contribution < -0.4 is 4.74 Å². The van der Waals surface area contributed by atoms with E-state index in [1.807, 2.05) is 29.8 Å². The number of imidazole rings is 1. The summed E-state index contributed by atoms with van der Waals surface area (Å²) in [5.74, 6) is 3.98. The number of hydrogen-bond acceptors (Lipinski definition) is 4. The molecule has 1 aromatic carbocycles. The van der Waals surface area contributed by atoms with Gasteiger partial charge in [-0.3, -0.25) is 4.79 Å². The Morgan fingerprint density at radius 2 is 2.06 bits per heavy atom. The maximum absolute atomic E-state index is 14.7. The SMILES string of the molecule is COc1cc(C(=O)N2C[C@H]3CC4C[C@@H]2[C@H]43)cc2nc(-c3cc4c(F)ccnc4n3CC3CC3)n(C)c12. The molecule has 7 nitrogen and oxygen atoms in total. The number of carbonyl (C=O) groups is 1. The number of benzene rings is 1. The third kappa shape index (κ3) is 2.70. The number of methoxy groups -OCH3 is 1. The number of aromatic nitrogens is 4. The highest BCUT2D eigenvalue weighted by molar-refractivity contribution is 6.00. The summed E-state index contributed by atoms with van der Waals surface area (Å²) >= 11 is 0. The number of fused-ring (bicyclic) bond motifs is 2. The molecule has 0 bridgehead atoms. The Hall–Kier alpha value is -3.42. The number of likely N-dealkylation sites (tertiary alicyclic amines) is 1. The Labute approximate surface area is 207 Å². The summed E-state index contributed by atoms with van der Waals surface area (Å²) < 4.78 is 24.6. The first-order valence-corrected chi connectivity index (χ1v) is 13.0. The first-order chi connectivity index (χ1) is 17.5. The number of hydrogen-bond donors (Lipinski definition) is 0. The molecule has 3 aliphatic carbocycles. The monoisotopic (exact) mass is 485 g/mol. The first kappa shape index (κ1) is 20.7. The van der Waals surface area contributed by atoms with Gasteiger partial charge in [-0.05, 0) is 73.6 Å². The molecule has 0 N–H and O–H groups in total. The highest BCUT2D eigenvalue weighted by atomic mass is 19.1. The van der Waals surface area contributed by atoms with E-state index in [1.165, 1.54) is 31.5 Å². The lowest BCUT2D eigenvalue weighted by Crippen LogP contribution is -2.53. The van der Waals surface area contributed by atoms with Gasteiger partial charge in [-0.1, -0.05) is 0 Å². The van der Waals surface area contributed by atoms with Crippen molar-refractivity contribution in [2.45, 2.75) is 38.3 Å². The van der Waals surface area contributed by atoms with Crippen LogP contribution in [0.2, 0.25) is 0 Å². The van der Waals surface area contributed by atoms with Crippen molar-refractivity contribution in [3.8, 4) is 17.3 Å². The number of aryl methyl sites for hydroxylation is 1. The zero-order valence-corrected chi connectivity index (χ0v) is 20.4. The fraction of sp³-hybridized carbons (Fsp3) is 0.464. The van der Waals surface area contributed by atoms with Gasteiger partial charge < -0.3 is 18.8 Å². The molecule has 1 unspecified atom stereocenters. The van der Waals surface area contributed by atoms with Gasteiger partial charge in [0.05, 0.1) is 23.7 Å². The Morgan fingerprint density at radius 1 is 1.19 bits per heavy atom. The average molecular weight is 486 g/mol. The van der Waals surface area contributed by atoms with Crippen LogP contribution in [0.25, 0.3) is 33.6 Å². The normalized spacial score (nSPS) is 26.2. The maximum Gasteiger partial charge on any atom is 0.254 e. The second-order valence-corrected chi connectivity index (χ2v) is 11.2. The Bertz CT molecular complexity index is 1580. The fourth-order valence-electron chi connectivity index (χ4n) is 7.23. The molecule has 8 heteroatoms. The van der Waals surface area contributed by atoms with Gasteiger partial charge in [0.25, 0.3) is 5.91 Å². The van der Waals surface area contributed by atoms with Crippen molar-refractivity contribution < 1.29 is 13.9 Å². The fourth-order valence-corrected chi connectivity index (χ4v) is 7.23. The molecule has 36 heavy (non-hydrogen) atoms. The summed E-state index contributed by atoms with van der Waals surface area (Å²) in [6.07, 6.45) is 6.30. The van der Waals surface area contributed by atoms with Crippen LogP contribution in [0.3, 0.4) is 0 Å². The summed E-state index contributed by atoms with van der Waals surface area (Å²) in [4.78, 5) is 25.2. The van der Waals surface area contributed by atoms with E-state index in [2.05, 4.69) is 14.5 Å². The molecule has 0 spiro atoms. The molecule has 4 fully saturated rings. The van der Waals surface area contributed by atoms with Crippen molar-refractivity contribution in [2.75, 3.05) is 13.7 Å². The van der Waals surface area contributed by atoms with E-state index in [0.29, 0.717) is 51.6 Å². The van der Waals surface area contributed by atoms with Crippen LogP contribution in [-0.2, 0) is 13.6 Å². The molecular formula is C28H28FN5O2. The second kappa shape index (κ2) is 7.08. The number of nitrogens with zero attached hydrogens (tertiary/aromatic N) is 5. The van der Waals surface area contributed by atoms with Crippen molar-refractivity contribution in [3.05, 3.63) is 41.8 Å².